The number of hydrogen-bond donors (Lipinski definition) is 0. The van der Waals surface area contributed by atoms with Crippen LogP contribution in [0.1, 0.15) is 28.4 Å². The van der Waals surface area contributed by atoms with Crippen LogP contribution in [0.15, 0.2) is 40.9 Å². The van der Waals surface area contributed by atoms with Gasteiger partial charge in [-0.15, -0.1) is 0 Å². The largest absolute Gasteiger partial charge is 0.488 e. The first-order valence-corrected chi connectivity index (χ1v) is 6.95. The Morgan fingerprint density at radius 3 is 2.70 bits per heavy atom. The number of Topliss-reactive ketones (excluding diaryl/α,β-unsaturated/α-hetero) is 1. The monoisotopic (exact) mass is 336 g/mol. The van der Waals surface area contributed by atoms with Gasteiger partial charge in [0.1, 0.15) is 18.2 Å². The predicted molar refractivity (Wildman–Crippen MR) is 79.6 cm³/mol. The maximum absolute atomic E-state index is 13.2. The van der Waals surface area contributed by atoms with Crippen LogP contribution in [0.2, 0.25) is 0 Å². The van der Waals surface area contributed by atoms with E-state index in [1.807, 2.05) is 6.92 Å². The van der Waals surface area contributed by atoms with E-state index in [-0.39, 0.29) is 18.2 Å². The van der Waals surface area contributed by atoms with Gasteiger partial charge < -0.3 is 4.74 Å². The lowest BCUT2D eigenvalue weighted by atomic mass is 10.1. The molecule has 0 spiro atoms. The van der Waals surface area contributed by atoms with Crippen molar-refractivity contribution in [3.8, 4) is 5.75 Å². The van der Waals surface area contributed by atoms with Crippen molar-refractivity contribution in [2.75, 3.05) is 0 Å². The van der Waals surface area contributed by atoms with Crippen LogP contribution in [-0.2, 0) is 6.61 Å². The maximum atomic E-state index is 13.2. The van der Waals surface area contributed by atoms with Crippen LogP contribution < -0.4 is 4.74 Å². The molecule has 0 atom stereocenters. The van der Waals surface area contributed by atoms with E-state index >= 15 is 0 Å². The molecule has 0 saturated carbocycles. The number of carbonyl (C=O) groups excluding carboxylic acids is 1. The minimum absolute atomic E-state index is 0.0720. The molecule has 104 valence electrons. The molecule has 2 rings (SSSR count). The van der Waals surface area contributed by atoms with E-state index in [0.29, 0.717) is 11.3 Å². The molecule has 20 heavy (non-hydrogen) atoms. The van der Waals surface area contributed by atoms with Crippen LogP contribution in [0.3, 0.4) is 0 Å². The Bertz CT molecular complexity index is 653. The molecule has 0 heterocycles. The lowest BCUT2D eigenvalue weighted by Gasteiger charge is -2.12. The van der Waals surface area contributed by atoms with Gasteiger partial charge in [-0.1, -0.05) is 22.0 Å². The normalized spacial score (nSPS) is 10.4. The summed E-state index contributed by atoms with van der Waals surface area (Å²) < 4.78 is 19.7. The van der Waals surface area contributed by atoms with Gasteiger partial charge in [0.05, 0.1) is 5.56 Å². The second-order valence-corrected chi connectivity index (χ2v) is 5.47. The van der Waals surface area contributed by atoms with Crippen molar-refractivity contribution in [2.45, 2.75) is 20.5 Å². The molecule has 0 unspecified atom stereocenters. The number of ether oxygens (including phenoxy) is 1. The summed E-state index contributed by atoms with van der Waals surface area (Å²) >= 11 is 3.32. The van der Waals surface area contributed by atoms with Crippen molar-refractivity contribution >= 4 is 21.7 Å². The smallest absolute Gasteiger partial charge is 0.163 e. The van der Waals surface area contributed by atoms with E-state index in [4.69, 9.17) is 4.74 Å². The Kier molecular flexibility index (Phi) is 4.55. The zero-order valence-corrected chi connectivity index (χ0v) is 12.8. The summed E-state index contributed by atoms with van der Waals surface area (Å²) in [6.45, 7) is 3.61. The molecular weight excluding hydrogens is 323 g/mol. The molecule has 0 amide bonds. The van der Waals surface area contributed by atoms with E-state index in [1.165, 1.54) is 19.1 Å². The topological polar surface area (TPSA) is 26.3 Å². The molecule has 2 nitrogen and oxygen atoms in total. The van der Waals surface area contributed by atoms with Crippen molar-refractivity contribution in [1.82, 2.24) is 0 Å². The minimum Gasteiger partial charge on any atom is -0.488 e. The molecule has 0 aliphatic heterocycles. The van der Waals surface area contributed by atoms with Gasteiger partial charge in [0.15, 0.2) is 5.78 Å². The van der Waals surface area contributed by atoms with Crippen molar-refractivity contribution in [1.29, 1.82) is 0 Å². The number of benzene rings is 2. The Morgan fingerprint density at radius 1 is 1.25 bits per heavy atom. The third kappa shape index (κ3) is 3.45. The second kappa shape index (κ2) is 6.18. The fourth-order valence-electron chi connectivity index (χ4n) is 1.85. The van der Waals surface area contributed by atoms with E-state index in [0.717, 1.165) is 15.6 Å². The molecule has 4 heteroatoms. The van der Waals surface area contributed by atoms with Crippen LogP contribution in [0.5, 0.6) is 5.75 Å². The van der Waals surface area contributed by atoms with Gasteiger partial charge in [-0.05, 0) is 55.3 Å². The first-order valence-electron chi connectivity index (χ1n) is 6.15. The summed E-state index contributed by atoms with van der Waals surface area (Å²) in [6.07, 6.45) is 0. The molecule has 2 aromatic carbocycles. The summed E-state index contributed by atoms with van der Waals surface area (Å²) in [5.41, 5.74) is 2.23. The fraction of sp³-hybridized carbons (Fsp3) is 0.188. The maximum Gasteiger partial charge on any atom is 0.163 e. The van der Waals surface area contributed by atoms with E-state index in [9.17, 15) is 9.18 Å². The molecule has 0 radical (unpaired) electrons. The van der Waals surface area contributed by atoms with Gasteiger partial charge in [-0.25, -0.2) is 4.39 Å². The summed E-state index contributed by atoms with van der Waals surface area (Å²) in [7, 11) is 0. The average molecular weight is 337 g/mol. The molecule has 0 bridgehead atoms. The molecule has 0 aromatic heterocycles. The van der Waals surface area contributed by atoms with Gasteiger partial charge >= 0.3 is 0 Å². The molecule has 0 aliphatic carbocycles. The van der Waals surface area contributed by atoms with Gasteiger partial charge in [0.25, 0.3) is 0 Å². The highest BCUT2D eigenvalue weighted by Crippen LogP contribution is 2.25. The van der Waals surface area contributed by atoms with Crippen molar-refractivity contribution in [2.24, 2.45) is 0 Å². The number of ketones is 1. The highest BCUT2D eigenvalue weighted by atomic mass is 79.9. The van der Waals surface area contributed by atoms with E-state index in [2.05, 4.69) is 15.9 Å². The Balaban J connectivity index is 2.23. The van der Waals surface area contributed by atoms with E-state index < -0.39 is 0 Å². The van der Waals surface area contributed by atoms with Crippen LogP contribution in [0, 0.1) is 12.7 Å². The van der Waals surface area contributed by atoms with Crippen LogP contribution >= 0.6 is 15.9 Å². The quantitative estimate of drug-likeness (QED) is 0.758. The summed E-state index contributed by atoms with van der Waals surface area (Å²) in [6, 6.07) is 9.83. The van der Waals surface area contributed by atoms with Crippen molar-refractivity contribution in [3.63, 3.8) is 0 Å². The highest BCUT2D eigenvalue weighted by molar-refractivity contribution is 9.10. The first kappa shape index (κ1) is 14.7. The second-order valence-electron chi connectivity index (χ2n) is 4.56. The Morgan fingerprint density at radius 2 is 2.00 bits per heavy atom. The fourth-order valence-corrected chi connectivity index (χ4v) is 2.22. The molecular formula is C16H14BrFO2. The number of aryl methyl sites for hydroxylation is 1. The predicted octanol–water partition coefficient (Wildman–Crippen LogP) is 4.68. The van der Waals surface area contributed by atoms with Crippen LogP contribution in [0.25, 0.3) is 0 Å². The SMILES string of the molecule is CC(=O)c1cc(Br)ccc1OCc1cc(F)ccc1C. The third-order valence-electron chi connectivity index (χ3n) is 3.02. The summed E-state index contributed by atoms with van der Waals surface area (Å²) in [4.78, 5) is 11.6. The lowest BCUT2D eigenvalue weighted by molar-refractivity contribution is 0.101. The number of halogens is 2. The van der Waals surface area contributed by atoms with Gasteiger partial charge in [0, 0.05) is 4.47 Å². The Labute approximate surface area is 125 Å². The highest BCUT2D eigenvalue weighted by Gasteiger charge is 2.10. The van der Waals surface area contributed by atoms with Gasteiger partial charge in [-0.2, -0.15) is 0 Å². The lowest BCUT2D eigenvalue weighted by Crippen LogP contribution is -2.03. The first-order chi connectivity index (χ1) is 9.47. The zero-order chi connectivity index (χ0) is 14.7. The van der Waals surface area contributed by atoms with Gasteiger partial charge in [-0.3, -0.25) is 4.79 Å². The van der Waals surface area contributed by atoms with Crippen LogP contribution in [-0.4, -0.2) is 5.78 Å². The molecule has 0 fully saturated rings. The number of rotatable bonds is 4. The standard InChI is InChI=1S/C16H14BrFO2/c1-10-3-5-14(18)7-12(10)9-20-16-6-4-13(17)8-15(16)11(2)19/h3-8H,9H2,1-2H3. The number of hydrogen-bond acceptors (Lipinski definition) is 2. The molecule has 2 aromatic rings. The molecule has 0 N–H and O–H groups in total. The van der Waals surface area contributed by atoms with Crippen molar-refractivity contribution < 1.29 is 13.9 Å². The third-order valence-corrected chi connectivity index (χ3v) is 3.51. The summed E-state index contributed by atoms with van der Waals surface area (Å²) in [5.74, 6) is 0.137. The van der Waals surface area contributed by atoms with Gasteiger partial charge in [0.2, 0.25) is 0 Å². The average Bonchev–Trinajstić information content (AvgIpc) is 2.40. The summed E-state index contributed by atoms with van der Waals surface area (Å²) in [5, 5.41) is 0. The number of carbonyl (C=O) groups is 1. The van der Waals surface area contributed by atoms with Crippen LogP contribution in [0.4, 0.5) is 4.39 Å². The molecule has 0 saturated heterocycles. The van der Waals surface area contributed by atoms with Crippen molar-refractivity contribution in [3.05, 3.63) is 63.4 Å². The zero-order valence-electron chi connectivity index (χ0n) is 11.2. The Hall–Kier alpha value is -1.68. The molecule has 0 aliphatic rings. The minimum atomic E-state index is -0.295. The van der Waals surface area contributed by atoms with E-state index in [1.54, 1.807) is 24.3 Å².